The molecule has 2 aliphatic rings. The molecule has 2 aliphatic carbocycles. The molecule has 2 fully saturated rings. The molecule has 0 aromatic heterocycles. The minimum absolute atomic E-state index is 0.0728. The molecule has 2 aromatic rings. The number of ketones is 2. The number of halogens is 1. The van der Waals surface area contributed by atoms with Crippen LogP contribution in [0.5, 0.6) is 0 Å². The molecule has 2 unspecified atom stereocenters. The monoisotopic (exact) mass is 352 g/mol. The lowest BCUT2D eigenvalue weighted by Gasteiger charge is -2.27. The Morgan fingerprint density at radius 2 is 1.52 bits per heavy atom. The van der Waals surface area contributed by atoms with E-state index >= 15 is 0 Å². The first kappa shape index (κ1) is 16.5. The van der Waals surface area contributed by atoms with Gasteiger partial charge in [0.1, 0.15) is 5.92 Å². The van der Waals surface area contributed by atoms with Gasteiger partial charge >= 0.3 is 0 Å². The quantitative estimate of drug-likeness (QED) is 0.689. The first-order valence-corrected chi connectivity index (χ1v) is 9.28. The van der Waals surface area contributed by atoms with E-state index in [1.54, 1.807) is 0 Å². The summed E-state index contributed by atoms with van der Waals surface area (Å²) in [6.07, 6.45) is 2.51. The Kier molecular flexibility index (Phi) is 4.04. The Morgan fingerprint density at radius 1 is 0.880 bits per heavy atom. The Balaban J connectivity index is 1.82. The molecule has 0 spiro atoms. The molecule has 2 bridgehead atoms. The number of carbonyl (C=O) groups excluding carboxylic acids is 2. The van der Waals surface area contributed by atoms with Crippen LogP contribution in [0.3, 0.4) is 0 Å². The number of aryl methyl sites for hydroxylation is 2. The fraction of sp³-hybridized carbons (Fsp3) is 0.364. The molecule has 3 heteroatoms. The molecular formula is C22H21ClO2. The van der Waals surface area contributed by atoms with Gasteiger partial charge in [0.15, 0.2) is 11.6 Å². The van der Waals surface area contributed by atoms with Crippen LogP contribution in [0.1, 0.15) is 41.9 Å². The second kappa shape index (κ2) is 6.10. The van der Waals surface area contributed by atoms with Crippen LogP contribution in [-0.2, 0) is 9.59 Å². The summed E-state index contributed by atoms with van der Waals surface area (Å²) in [5.41, 5.74) is 5.08. The number of carbonyl (C=O) groups is 2. The fourth-order valence-electron chi connectivity index (χ4n) is 4.44. The van der Waals surface area contributed by atoms with Gasteiger partial charge in [-0.25, -0.2) is 0 Å². The van der Waals surface area contributed by atoms with E-state index in [-0.39, 0.29) is 23.4 Å². The molecule has 0 amide bonds. The fourth-order valence-corrected chi connectivity index (χ4v) is 4.61. The number of rotatable bonds is 2. The smallest absolute Gasteiger partial charge is 0.150 e. The Labute approximate surface area is 153 Å². The molecule has 4 rings (SSSR count). The molecular weight excluding hydrogens is 332 g/mol. The van der Waals surface area contributed by atoms with Crippen LogP contribution in [0.4, 0.5) is 0 Å². The second-order valence-corrected chi connectivity index (χ2v) is 7.91. The molecule has 0 heterocycles. The van der Waals surface area contributed by atoms with Gasteiger partial charge in [0.2, 0.25) is 0 Å². The minimum Gasteiger partial charge on any atom is -0.298 e. The number of Topliss-reactive ketones (excluding diaryl/α,β-unsaturated/α-hetero) is 2. The SMILES string of the molecule is Cc1ccc(Cl)cc1-c1ccc(C)c(C2C(=O)C3CCC(C3)C2=O)c1. The van der Waals surface area contributed by atoms with Crippen LogP contribution in [-0.4, -0.2) is 11.6 Å². The molecule has 2 atom stereocenters. The predicted octanol–water partition coefficient (Wildman–Crippen LogP) is 5.28. The van der Waals surface area contributed by atoms with Gasteiger partial charge < -0.3 is 0 Å². The van der Waals surface area contributed by atoms with Gasteiger partial charge in [-0.15, -0.1) is 0 Å². The molecule has 128 valence electrons. The molecule has 2 aromatic carbocycles. The van der Waals surface area contributed by atoms with Crippen molar-refractivity contribution in [2.75, 3.05) is 0 Å². The van der Waals surface area contributed by atoms with Gasteiger partial charge in [-0.05, 0) is 79.1 Å². The maximum absolute atomic E-state index is 12.9. The van der Waals surface area contributed by atoms with Crippen LogP contribution in [0.15, 0.2) is 36.4 Å². The third kappa shape index (κ3) is 2.73. The molecule has 25 heavy (non-hydrogen) atoms. The van der Waals surface area contributed by atoms with Crippen molar-refractivity contribution in [2.24, 2.45) is 11.8 Å². The van der Waals surface area contributed by atoms with E-state index in [2.05, 4.69) is 0 Å². The molecule has 0 N–H and O–H groups in total. The van der Waals surface area contributed by atoms with Gasteiger partial charge in [0.05, 0.1) is 0 Å². The van der Waals surface area contributed by atoms with E-state index in [9.17, 15) is 9.59 Å². The van der Waals surface area contributed by atoms with E-state index in [0.717, 1.165) is 47.1 Å². The normalized spacial score (nSPS) is 25.5. The van der Waals surface area contributed by atoms with Crippen molar-refractivity contribution in [1.82, 2.24) is 0 Å². The van der Waals surface area contributed by atoms with Gasteiger partial charge in [0, 0.05) is 16.9 Å². The summed E-state index contributed by atoms with van der Waals surface area (Å²) in [5.74, 6) is -0.179. The van der Waals surface area contributed by atoms with Crippen LogP contribution in [0.25, 0.3) is 11.1 Å². The zero-order valence-electron chi connectivity index (χ0n) is 14.5. The average Bonchev–Trinajstić information content (AvgIpc) is 3.04. The van der Waals surface area contributed by atoms with Gasteiger partial charge in [-0.1, -0.05) is 29.8 Å². The van der Waals surface area contributed by atoms with Crippen molar-refractivity contribution >= 4 is 23.2 Å². The number of fused-ring (bicyclic) bond motifs is 2. The van der Waals surface area contributed by atoms with Crippen molar-refractivity contribution in [2.45, 2.75) is 39.0 Å². The Hall–Kier alpha value is -1.93. The lowest BCUT2D eigenvalue weighted by atomic mass is 9.74. The predicted molar refractivity (Wildman–Crippen MR) is 99.9 cm³/mol. The second-order valence-electron chi connectivity index (χ2n) is 7.48. The largest absolute Gasteiger partial charge is 0.298 e. The standard InChI is InChI=1S/C22H21ClO2/c1-12-4-8-17(23)11-18(12)14-5-3-13(2)19(10-14)20-21(24)15-6-7-16(9-15)22(20)25/h3-5,8,10-11,15-16,20H,6-7,9H2,1-2H3. The molecule has 0 radical (unpaired) electrons. The van der Waals surface area contributed by atoms with Crippen LogP contribution >= 0.6 is 11.6 Å². The summed E-state index contributed by atoms with van der Waals surface area (Å²) in [6.45, 7) is 4.03. The van der Waals surface area contributed by atoms with Crippen molar-refractivity contribution in [1.29, 1.82) is 0 Å². The highest BCUT2D eigenvalue weighted by molar-refractivity contribution is 6.30. The maximum atomic E-state index is 12.9. The minimum atomic E-state index is -0.578. The summed E-state index contributed by atoms with van der Waals surface area (Å²) in [6, 6.07) is 11.9. The zero-order chi connectivity index (χ0) is 17.7. The van der Waals surface area contributed by atoms with Crippen molar-refractivity contribution < 1.29 is 9.59 Å². The van der Waals surface area contributed by atoms with Gasteiger partial charge in [-0.3, -0.25) is 9.59 Å². The highest BCUT2D eigenvalue weighted by atomic mass is 35.5. The Bertz CT molecular complexity index is 862. The lowest BCUT2D eigenvalue weighted by molar-refractivity contribution is -0.135. The summed E-state index contributed by atoms with van der Waals surface area (Å²) in [7, 11) is 0. The summed E-state index contributed by atoms with van der Waals surface area (Å²) in [4.78, 5) is 25.7. The van der Waals surface area contributed by atoms with Gasteiger partial charge in [0.25, 0.3) is 0 Å². The molecule has 0 aliphatic heterocycles. The highest BCUT2D eigenvalue weighted by Gasteiger charge is 2.47. The van der Waals surface area contributed by atoms with Crippen molar-refractivity contribution in [3.8, 4) is 11.1 Å². The summed E-state index contributed by atoms with van der Waals surface area (Å²) >= 11 is 6.17. The van der Waals surface area contributed by atoms with Crippen LogP contribution in [0, 0.1) is 25.7 Å². The third-order valence-corrected chi connectivity index (χ3v) is 6.14. The van der Waals surface area contributed by atoms with Crippen LogP contribution in [0.2, 0.25) is 5.02 Å². The van der Waals surface area contributed by atoms with E-state index < -0.39 is 5.92 Å². The average molecular weight is 353 g/mol. The van der Waals surface area contributed by atoms with Crippen molar-refractivity contribution in [3.05, 3.63) is 58.1 Å². The van der Waals surface area contributed by atoms with Gasteiger partial charge in [-0.2, -0.15) is 0 Å². The maximum Gasteiger partial charge on any atom is 0.150 e. The summed E-state index contributed by atoms with van der Waals surface area (Å²) in [5, 5.41) is 0.686. The van der Waals surface area contributed by atoms with E-state index in [1.165, 1.54) is 0 Å². The molecule has 0 saturated heterocycles. The van der Waals surface area contributed by atoms with E-state index in [0.29, 0.717) is 5.02 Å². The lowest BCUT2D eigenvalue weighted by Crippen LogP contribution is -2.35. The number of benzene rings is 2. The highest BCUT2D eigenvalue weighted by Crippen LogP contribution is 2.45. The van der Waals surface area contributed by atoms with Crippen LogP contribution < -0.4 is 0 Å². The van der Waals surface area contributed by atoms with E-state index in [1.807, 2.05) is 50.2 Å². The van der Waals surface area contributed by atoms with E-state index in [4.69, 9.17) is 11.6 Å². The zero-order valence-corrected chi connectivity index (χ0v) is 15.3. The molecule has 2 saturated carbocycles. The summed E-state index contributed by atoms with van der Waals surface area (Å²) < 4.78 is 0. The topological polar surface area (TPSA) is 34.1 Å². The first-order chi connectivity index (χ1) is 12.0. The van der Waals surface area contributed by atoms with Crippen molar-refractivity contribution in [3.63, 3.8) is 0 Å². The Morgan fingerprint density at radius 3 is 2.20 bits per heavy atom. The number of hydrogen-bond acceptors (Lipinski definition) is 2. The third-order valence-electron chi connectivity index (χ3n) is 5.91. The first-order valence-electron chi connectivity index (χ1n) is 8.90. The number of hydrogen-bond donors (Lipinski definition) is 0. The molecule has 2 nitrogen and oxygen atoms in total.